The first-order valence-corrected chi connectivity index (χ1v) is 4.21. The molecule has 0 radical (unpaired) electrons. The van der Waals surface area contributed by atoms with Crippen LogP contribution in [0.1, 0.15) is 19.8 Å². The van der Waals surface area contributed by atoms with E-state index in [1.165, 1.54) is 0 Å². The largest absolute Gasteiger partial charge is 0.371 e. The molecule has 0 aliphatic carbocycles. The lowest BCUT2D eigenvalue weighted by atomic mass is 9.91. The van der Waals surface area contributed by atoms with E-state index in [1.54, 1.807) is 4.90 Å². The molecule has 1 heterocycles. The van der Waals surface area contributed by atoms with Gasteiger partial charge in [-0.15, -0.1) is 0 Å². The number of likely N-dealkylation sites (tertiary alicyclic amines) is 1. The predicted molar refractivity (Wildman–Crippen MR) is 45.5 cm³/mol. The standard InChI is InChI=1S/C8H16N2O2/c1-8(9)2-4-10(5-3-8)7(12)6-11/h6-7,12H,2-5,9H2,1H3. The van der Waals surface area contributed by atoms with Crippen LogP contribution in [0.2, 0.25) is 0 Å². The van der Waals surface area contributed by atoms with Crippen LogP contribution in [0.3, 0.4) is 0 Å². The summed E-state index contributed by atoms with van der Waals surface area (Å²) in [6.07, 6.45) is 1.27. The summed E-state index contributed by atoms with van der Waals surface area (Å²) >= 11 is 0. The van der Waals surface area contributed by atoms with Crippen molar-refractivity contribution in [2.24, 2.45) is 5.73 Å². The molecule has 0 aromatic carbocycles. The number of nitrogens with two attached hydrogens (primary N) is 1. The van der Waals surface area contributed by atoms with Crippen molar-refractivity contribution in [3.05, 3.63) is 0 Å². The van der Waals surface area contributed by atoms with E-state index in [2.05, 4.69) is 0 Å². The van der Waals surface area contributed by atoms with Crippen LogP contribution in [0, 0.1) is 0 Å². The van der Waals surface area contributed by atoms with E-state index in [9.17, 15) is 4.79 Å². The van der Waals surface area contributed by atoms with Gasteiger partial charge in [0.1, 0.15) is 0 Å². The van der Waals surface area contributed by atoms with Gasteiger partial charge in [0.05, 0.1) is 0 Å². The number of rotatable bonds is 2. The molecule has 0 amide bonds. The zero-order valence-electron chi connectivity index (χ0n) is 7.36. The highest BCUT2D eigenvalue weighted by Crippen LogP contribution is 2.19. The summed E-state index contributed by atoms with van der Waals surface area (Å²) < 4.78 is 0. The van der Waals surface area contributed by atoms with Gasteiger partial charge in [-0.25, -0.2) is 0 Å². The van der Waals surface area contributed by atoms with Crippen molar-refractivity contribution in [2.45, 2.75) is 31.5 Å². The van der Waals surface area contributed by atoms with Gasteiger partial charge in [0.25, 0.3) is 0 Å². The average molecular weight is 172 g/mol. The highest BCUT2D eigenvalue weighted by molar-refractivity contribution is 5.54. The molecular weight excluding hydrogens is 156 g/mol. The van der Waals surface area contributed by atoms with Gasteiger partial charge in [0, 0.05) is 18.6 Å². The molecule has 1 saturated heterocycles. The Hall–Kier alpha value is -0.450. The molecule has 4 heteroatoms. The molecule has 0 bridgehead atoms. The molecule has 1 aliphatic rings. The second-order valence-electron chi connectivity index (χ2n) is 3.74. The van der Waals surface area contributed by atoms with Gasteiger partial charge in [-0.1, -0.05) is 0 Å². The maximum atomic E-state index is 10.2. The summed E-state index contributed by atoms with van der Waals surface area (Å²) in [5.41, 5.74) is 5.76. The Morgan fingerprint density at radius 3 is 2.50 bits per heavy atom. The number of hydrogen-bond donors (Lipinski definition) is 2. The molecule has 1 aliphatic heterocycles. The Morgan fingerprint density at radius 2 is 2.08 bits per heavy atom. The van der Waals surface area contributed by atoms with Crippen molar-refractivity contribution >= 4 is 6.29 Å². The number of aliphatic hydroxyl groups is 1. The van der Waals surface area contributed by atoms with Gasteiger partial charge in [-0.2, -0.15) is 0 Å². The molecule has 12 heavy (non-hydrogen) atoms. The summed E-state index contributed by atoms with van der Waals surface area (Å²) in [6.45, 7) is 3.40. The van der Waals surface area contributed by atoms with Gasteiger partial charge in [-0.05, 0) is 19.8 Å². The van der Waals surface area contributed by atoms with E-state index in [-0.39, 0.29) is 5.54 Å². The summed E-state index contributed by atoms with van der Waals surface area (Å²) in [6, 6.07) is 0. The molecule has 70 valence electrons. The van der Waals surface area contributed by atoms with Crippen LogP contribution in [0.4, 0.5) is 0 Å². The highest BCUT2D eigenvalue weighted by Gasteiger charge is 2.28. The van der Waals surface area contributed by atoms with E-state index in [1.807, 2.05) is 6.92 Å². The second-order valence-corrected chi connectivity index (χ2v) is 3.74. The van der Waals surface area contributed by atoms with Gasteiger partial charge >= 0.3 is 0 Å². The number of piperidine rings is 1. The fourth-order valence-electron chi connectivity index (χ4n) is 1.39. The lowest BCUT2D eigenvalue weighted by molar-refractivity contribution is -0.125. The molecule has 1 rings (SSSR count). The average Bonchev–Trinajstić information content (AvgIpc) is 2.03. The van der Waals surface area contributed by atoms with E-state index in [0.29, 0.717) is 19.4 Å². The van der Waals surface area contributed by atoms with Gasteiger partial charge < -0.3 is 10.8 Å². The third kappa shape index (κ3) is 2.27. The molecule has 1 atom stereocenters. The third-order valence-electron chi connectivity index (χ3n) is 2.44. The maximum absolute atomic E-state index is 10.2. The lowest BCUT2D eigenvalue weighted by Gasteiger charge is -2.37. The normalized spacial score (nSPS) is 26.6. The van der Waals surface area contributed by atoms with Crippen molar-refractivity contribution in [1.82, 2.24) is 4.90 Å². The Bertz CT molecular complexity index is 160. The SMILES string of the molecule is CC1(N)CCN(C(O)C=O)CC1. The van der Waals surface area contributed by atoms with E-state index in [4.69, 9.17) is 10.8 Å². The molecule has 1 unspecified atom stereocenters. The Balaban J connectivity index is 2.40. The zero-order valence-corrected chi connectivity index (χ0v) is 7.36. The number of nitrogens with zero attached hydrogens (tertiary/aromatic N) is 1. The molecule has 3 N–H and O–H groups in total. The molecular formula is C8H16N2O2. The minimum atomic E-state index is -0.943. The van der Waals surface area contributed by atoms with Crippen LogP contribution >= 0.6 is 0 Å². The van der Waals surface area contributed by atoms with Crippen LogP contribution in [-0.4, -0.2) is 41.1 Å². The minimum absolute atomic E-state index is 0.126. The van der Waals surface area contributed by atoms with E-state index < -0.39 is 6.23 Å². The van der Waals surface area contributed by atoms with Crippen LogP contribution in [0.15, 0.2) is 0 Å². The Morgan fingerprint density at radius 1 is 1.58 bits per heavy atom. The van der Waals surface area contributed by atoms with E-state index in [0.717, 1.165) is 12.8 Å². The highest BCUT2D eigenvalue weighted by atomic mass is 16.3. The topological polar surface area (TPSA) is 66.6 Å². The summed E-state index contributed by atoms with van der Waals surface area (Å²) in [5.74, 6) is 0. The van der Waals surface area contributed by atoms with Gasteiger partial charge in [0.2, 0.25) is 0 Å². The number of carbonyl (C=O) groups is 1. The summed E-state index contributed by atoms with van der Waals surface area (Å²) in [4.78, 5) is 12.0. The lowest BCUT2D eigenvalue weighted by Crippen LogP contribution is -2.51. The van der Waals surface area contributed by atoms with Crippen molar-refractivity contribution in [3.63, 3.8) is 0 Å². The quantitative estimate of drug-likeness (QED) is 0.541. The number of aldehydes is 1. The monoisotopic (exact) mass is 172 g/mol. The van der Waals surface area contributed by atoms with Gasteiger partial charge in [-0.3, -0.25) is 9.69 Å². The first kappa shape index (κ1) is 9.64. The van der Waals surface area contributed by atoms with Crippen LogP contribution in [0.25, 0.3) is 0 Å². The summed E-state index contributed by atoms with van der Waals surface area (Å²) in [5, 5.41) is 9.17. The third-order valence-corrected chi connectivity index (χ3v) is 2.44. The second kappa shape index (κ2) is 3.51. The number of aliphatic hydroxyl groups excluding tert-OH is 1. The Labute approximate surface area is 72.3 Å². The number of carbonyl (C=O) groups excluding carboxylic acids is 1. The van der Waals surface area contributed by atoms with E-state index >= 15 is 0 Å². The fraction of sp³-hybridized carbons (Fsp3) is 0.875. The molecule has 0 aromatic rings. The molecule has 0 spiro atoms. The van der Waals surface area contributed by atoms with Crippen molar-refractivity contribution in [2.75, 3.05) is 13.1 Å². The van der Waals surface area contributed by atoms with Crippen LogP contribution < -0.4 is 5.73 Å². The maximum Gasteiger partial charge on any atom is 0.163 e. The smallest absolute Gasteiger partial charge is 0.163 e. The fourth-order valence-corrected chi connectivity index (χ4v) is 1.39. The van der Waals surface area contributed by atoms with Crippen molar-refractivity contribution in [1.29, 1.82) is 0 Å². The van der Waals surface area contributed by atoms with Gasteiger partial charge in [0.15, 0.2) is 12.5 Å². The molecule has 4 nitrogen and oxygen atoms in total. The number of hydrogen-bond acceptors (Lipinski definition) is 4. The van der Waals surface area contributed by atoms with Crippen LogP contribution in [-0.2, 0) is 4.79 Å². The zero-order chi connectivity index (χ0) is 9.19. The van der Waals surface area contributed by atoms with Crippen molar-refractivity contribution < 1.29 is 9.90 Å². The first-order chi connectivity index (χ1) is 5.55. The Kier molecular flexibility index (Phi) is 2.82. The van der Waals surface area contributed by atoms with Crippen LogP contribution in [0.5, 0.6) is 0 Å². The molecule has 0 saturated carbocycles. The molecule has 0 aromatic heterocycles. The van der Waals surface area contributed by atoms with Crippen molar-refractivity contribution in [3.8, 4) is 0 Å². The first-order valence-electron chi connectivity index (χ1n) is 4.21. The molecule has 1 fully saturated rings. The predicted octanol–water partition coefficient (Wildman–Crippen LogP) is -0.683. The minimum Gasteiger partial charge on any atom is -0.371 e. The summed E-state index contributed by atoms with van der Waals surface area (Å²) in [7, 11) is 0.